The third-order valence-electron chi connectivity index (χ3n) is 6.09. The molecule has 39 heavy (non-hydrogen) atoms. The molecule has 208 valence electrons. The van der Waals surface area contributed by atoms with Gasteiger partial charge in [0.1, 0.15) is 18.4 Å². The van der Waals surface area contributed by atoms with Crippen LogP contribution in [-0.2, 0) is 26.2 Å². The van der Waals surface area contributed by atoms with Gasteiger partial charge in [-0.05, 0) is 56.7 Å². The molecule has 11 heteroatoms. The molecule has 0 heterocycles. The minimum absolute atomic E-state index is 0.0404. The van der Waals surface area contributed by atoms with Gasteiger partial charge in [0, 0.05) is 18.7 Å². The van der Waals surface area contributed by atoms with Crippen molar-refractivity contribution in [2.75, 3.05) is 17.4 Å². The molecule has 3 rings (SSSR count). The van der Waals surface area contributed by atoms with Crippen LogP contribution in [0.2, 0.25) is 10.0 Å². The van der Waals surface area contributed by atoms with Gasteiger partial charge in [-0.25, -0.2) is 12.8 Å². The van der Waals surface area contributed by atoms with Crippen LogP contribution in [0, 0.1) is 12.7 Å². The number of hydrogen-bond acceptors (Lipinski definition) is 4. The second kappa shape index (κ2) is 13.3. The predicted octanol–water partition coefficient (Wildman–Crippen LogP) is 5.58. The molecule has 7 nitrogen and oxygen atoms in total. The lowest BCUT2D eigenvalue weighted by Crippen LogP contribution is -2.51. The van der Waals surface area contributed by atoms with E-state index < -0.39 is 40.2 Å². The molecule has 0 fully saturated rings. The molecule has 3 aromatic rings. The van der Waals surface area contributed by atoms with Gasteiger partial charge in [-0.15, -0.1) is 0 Å². The maximum atomic E-state index is 14.6. The van der Waals surface area contributed by atoms with E-state index in [2.05, 4.69) is 5.32 Å². The Morgan fingerprint density at radius 3 is 2.28 bits per heavy atom. The van der Waals surface area contributed by atoms with Crippen molar-refractivity contribution in [1.29, 1.82) is 0 Å². The van der Waals surface area contributed by atoms with Crippen LogP contribution in [0.15, 0.2) is 71.6 Å². The lowest BCUT2D eigenvalue weighted by molar-refractivity contribution is -0.139. The Labute approximate surface area is 238 Å². The molecule has 0 aromatic heterocycles. The number of anilines is 1. The zero-order valence-corrected chi connectivity index (χ0v) is 24.2. The zero-order valence-electron chi connectivity index (χ0n) is 21.8. The van der Waals surface area contributed by atoms with Crippen molar-refractivity contribution in [1.82, 2.24) is 10.2 Å². The zero-order chi connectivity index (χ0) is 28.7. The van der Waals surface area contributed by atoms with Gasteiger partial charge >= 0.3 is 0 Å². The standard InChI is InChI=1S/C28H30Cl2FN3O4S/c1-4-15-32-28(36)20(3)33(17-21-7-5-6-8-26(21)31)27(35)18-34(22-11-14-24(29)25(30)16-22)39(37,38)23-12-9-19(2)10-13-23/h5-14,16,20H,4,15,17-18H2,1-3H3,(H,32,36)/t20-/m0/s1. The number of carbonyl (C=O) groups is 2. The first kappa shape index (κ1) is 30.4. The van der Waals surface area contributed by atoms with Crippen molar-refractivity contribution in [3.05, 3.63) is 93.7 Å². The summed E-state index contributed by atoms with van der Waals surface area (Å²) in [5, 5.41) is 3.05. The summed E-state index contributed by atoms with van der Waals surface area (Å²) in [4.78, 5) is 27.8. The molecule has 0 spiro atoms. The van der Waals surface area contributed by atoms with Crippen molar-refractivity contribution in [2.24, 2.45) is 0 Å². The molecule has 3 aromatic carbocycles. The number of hydrogen-bond donors (Lipinski definition) is 1. The fraction of sp³-hybridized carbons (Fsp3) is 0.286. The van der Waals surface area contributed by atoms with E-state index in [4.69, 9.17) is 23.2 Å². The van der Waals surface area contributed by atoms with Crippen molar-refractivity contribution < 1.29 is 22.4 Å². The van der Waals surface area contributed by atoms with Crippen LogP contribution in [0.5, 0.6) is 0 Å². The molecule has 1 atom stereocenters. The Morgan fingerprint density at radius 1 is 1.00 bits per heavy atom. The van der Waals surface area contributed by atoms with Crippen molar-refractivity contribution in [2.45, 2.75) is 44.7 Å². The van der Waals surface area contributed by atoms with Gasteiger partial charge in [0.25, 0.3) is 10.0 Å². The van der Waals surface area contributed by atoms with E-state index in [0.717, 1.165) is 9.87 Å². The van der Waals surface area contributed by atoms with E-state index in [1.807, 2.05) is 13.8 Å². The van der Waals surface area contributed by atoms with E-state index in [1.165, 1.54) is 60.4 Å². The minimum Gasteiger partial charge on any atom is -0.354 e. The highest BCUT2D eigenvalue weighted by Gasteiger charge is 2.33. The molecule has 0 aliphatic heterocycles. The summed E-state index contributed by atoms with van der Waals surface area (Å²) in [6.07, 6.45) is 0.680. The largest absolute Gasteiger partial charge is 0.354 e. The molecule has 1 N–H and O–H groups in total. The fourth-order valence-electron chi connectivity index (χ4n) is 3.80. The number of amides is 2. The van der Waals surface area contributed by atoms with Crippen molar-refractivity contribution >= 4 is 50.7 Å². The smallest absolute Gasteiger partial charge is 0.264 e. The van der Waals surface area contributed by atoms with Gasteiger partial charge in [-0.3, -0.25) is 13.9 Å². The molecule has 0 bridgehead atoms. The first-order valence-electron chi connectivity index (χ1n) is 12.3. The summed E-state index contributed by atoms with van der Waals surface area (Å²) in [6, 6.07) is 15.3. The molecule has 0 radical (unpaired) electrons. The van der Waals surface area contributed by atoms with E-state index in [1.54, 1.807) is 18.2 Å². The number of benzene rings is 3. The molecular formula is C28H30Cl2FN3O4S. The second-order valence-corrected chi connectivity index (χ2v) is 11.7. The van der Waals surface area contributed by atoms with Crippen LogP contribution in [0.1, 0.15) is 31.4 Å². The van der Waals surface area contributed by atoms with Crippen LogP contribution in [0.4, 0.5) is 10.1 Å². The van der Waals surface area contributed by atoms with Crippen LogP contribution in [-0.4, -0.2) is 44.3 Å². The van der Waals surface area contributed by atoms with Crippen LogP contribution in [0.3, 0.4) is 0 Å². The van der Waals surface area contributed by atoms with E-state index in [-0.39, 0.29) is 32.7 Å². The molecule has 0 aliphatic rings. The van der Waals surface area contributed by atoms with Gasteiger partial charge in [-0.2, -0.15) is 0 Å². The Balaban J connectivity index is 2.05. The predicted molar refractivity (Wildman–Crippen MR) is 152 cm³/mol. The van der Waals surface area contributed by atoms with Gasteiger partial charge < -0.3 is 10.2 Å². The minimum atomic E-state index is -4.26. The first-order valence-corrected chi connectivity index (χ1v) is 14.5. The van der Waals surface area contributed by atoms with Crippen LogP contribution < -0.4 is 9.62 Å². The van der Waals surface area contributed by atoms with E-state index >= 15 is 0 Å². The SMILES string of the molecule is CCCNC(=O)[C@H](C)N(Cc1ccccc1F)C(=O)CN(c1ccc(Cl)c(Cl)c1)S(=O)(=O)c1ccc(C)cc1. The molecule has 0 saturated carbocycles. The molecule has 0 aliphatic carbocycles. The van der Waals surface area contributed by atoms with Gasteiger partial charge in [0.2, 0.25) is 11.8 Å². The highest BCUT2D eigenvalue weighted by Crippen LogP contribution is 2.31. The molecule has 2 amide bonds. The summed E-state index contributed by atoms with van der Waals surface area (Å²) >= 11 is 12.3. The summed E-state index contributed by atoms with van der Waals surface area (Å²) in [6.45, 7) is 4.70. The normalized spacial score (nSPS) is 12.1. The number of aryl methyl sites for hydroxylation is 1. The lowest BCUT2D eigenvalue weighted by Gasteiger charge is -2.32. The Kier molecular flexibility index (Phi) is 10.4. The maximum absolute atomic E-state index is 14.6. The Bertz CT molecular complexity index is 1430. The topological polar surface area (TPSA) is 86.8 Å². The lowest BCUT2D eigenvalue weighted by atomic mass is 10.1. The van der Waals surface area contributed by atoms with Gasteiger partial charge in [-0.1, -0.05) is 66.0 Å². The van der Waals surface area contributed by atoms with Crippen LogP contribution >= 0.6 is 23.2 Å². The highest BCUT2D eigenvalue weighted by atomic mass is 35.5. The van der Waals surface area contributed by atoms with Crippen molar-refractivity contribution in [3.8, 4) is 0 Å². The quantitative estimate of drug-likeness (QED) is 0.314. The average Bonchev–Trinajstić information content (AvgIpc) is 2.91. The Hall–Kier alpha value is -3.14. The summed E-state index contributed by atoms with van der Waals surface area (Å²) in [5.41, 5.74) is 1.14. The fourth-order valence-corrected chi connectivity index (χ4v) is 5.49. The highest BCUT2D eigenvalue weighted by molar-refractivity contribution is 7.92. The van der Waals surface area contributed by atoms with Gasteiger partial charge in [0.05, 0.1) is 20.6 Å². The Morgan fingerprint density at radius 2 is 1.67 bits per heavy atom. The number of nitrogens with zero attached hydrogens (tertiary/aromatic N) is 2. The molecular weight excluding hydrogens is 564 g/mol. The third kappa shape index (κ3) is 7.50. The van der Waals surface area contributed by atoms with Crippen LogP contribution in [0.25, 0.3) is 0 Å². The summed E-state index contributed by atoms with van der Waals surface area (Å²) < 4.78 is 43.1. The number of carbonyl (C=O) groups excluding carboxylic acids is 2. The van der Waals surface area contributed by atoms with E-state index in [9.17, 15) is 22.4 Å². The molecule has 0 unspecified atom stereocenters. The number of nitrogens with one attached hydrogen (secondary N) is 1. The molecule has 0 saturated heterocycles. The number of sulfonamides is 1. The summed E-state index contributed by atoms with van der Waals surface area (Å²) in [5.74, 6) is -1.70. The second-order valence-electron chi connectivity index (χ2n) is 9.00. The maximum Gasteiger partial charge on any atom is 0.264 e. The first-order chi connectivity index (χ1) is 18.4. The van der Waals surface area contributed by atoms with Gasteiger partial charge in [0.15, 0.2) is 0 Å². The van der Waals surface area contributed by atoms with Crippen molar-refractivity contribution in [3.63, 3.8) is 0 Å². The monoisotopic (exact) mass is 593 g/mol. The van der Waals surface area contributed by atoms with E-state index in [0.29, 0.717) is 13.0 Å². The summed E-state index contributed by atoms with van der Waals surface area (Å²) in [7, 11) is -4.26. The average molecular weight is 595 g/mol. The number of rotatable bonds is 11. The number of halogens is 3. The third-order valence-corrected chi connectivity index (χ3v) is 8.62.